The maximum atomic E-state index is 13.1. The highest BCUT2D eigenvalue weighted by Gasteiger charge is 2.24. The van der Waals surface area contributed by atoms with Crippen LogP contribution in [0.3, 0.4) is 0 Å². The second-order valence-corrected chi connectivity index (χ2v) is 8.19. The van der Waals surface area contributed by atoms with Gasteiger partial charge in [-0.2, -0.15) is 0 Å². The number of hydrogen-bond donors (Lipinski definition) is 1. The summed E-state index contributed by atoms with van der Waals surface area (Å²) in [4.78, 5) is 18.1. The van der Waals surface area contributed by atoms with Crippen molar-refractivity contribution in [1.29, 1.82) is 0 Å². The van der Waals surface area contributed by atoms with E-state index in [9.17, 15) is 9.18 Å². The molecule has 1 heterocycles. The lowest BCUT2D eigenvalue weighted by molar-refractivity contribution is -0.892. The van der Waals surface area contributed by atoms with E-state index in [0.29, 0.717) is 13.1 Å². The van der Waals surface area contributed by atoms with Gasteiger partial charge in [-0.3, -0.25) is 4.79 Å². The van der Waals surface area contributed by atoms with Gasteiger partial charge in [0.05, 0.1) is 33.3 Å². The van der Waals surface area contributed by atoms with Crippen LogP contribution in [-0.4, -0.2) is 57.7 Å². The normalized spacial score (nSPS) is 14.6. The molecular formula is C25H29FN3O2+. The summed E-state index contributed by atoms with van der Waals surface area (Å²) in [5, 5.41) is 2.27. The Balaban J connectivity index is 1.30. The second kappa shape index (κ2) is 9.35. The number of quaternary nitrogens is 1. The highest BCUT2D eigenvalue weighted by Crippen LogP contribution is 2.22. The van der Waals surface area contributed by atoms with E-state index in [1.165, 1.54) is 17.0 Å². The SMILES string of the molecule is COc1ccc2cc(CN(C)C(=O)C[NH+]3CCN(c4ccc(F)cc4)CC3)ccc2c1. The Morgan fingerprint density at radius 1 is 1.03 bits per heavy atom. The summed E-state index contributed by atoms with van der Waals surface area (Å²) in [6, 6.07) is 18.9. The molecule has 31 heavy (non-hydrogen) atoms. The number of likely N-dealkylation sites (N-methyl/N-ethyl adjacent to an activating group) is 1. The van der Waals surface area contributed by atoms with Crippen LogP contribution in [0, 0.1) is 5.82 Å². The fourth-order valence-corrected chi connectivity index (χ4v) is 4.12. The number of ether oxygens (including phenoxy) is 1. The van der Waals surface area contributed by atoms with Crippen molar-refractivity contribution in [3.63, 3.8) is 0 Å². The number of fused-ring (bicyclic) bond motifs is 1. The van der Waals surface area contributed by atoms with Crippen molar-refractivity contribution in [2.24, 2.45) is 0 Å². The molecule has 0 bridgehead atoms. The maximum absolute atomic E-state index is 13.1. The Morgan fingerprint density at radius 3 is 2.42 bits per heavy atom. The molecule has 5 nitrogen and oxygen atoms in total. The number of nitrogens with zero attached hydrogens (tertiary/aromatic N) is 2. The predicted octanol–water partition coefficient (Wildman–Crippen LogP) is 2.35. The van der Waals surface area contributed by atoms with Crippen molar-refractivity contribution in [3.05, 3.63) is 72.0 Å². The zero-order chi connectivity index (χ0) is 21.8. The standard InChI is InChI=1S/C25H28FN3O2/c1-27(17-19-3-4-21-16-24(31-2)10-5-20(21)15-19)25(30)18-28-11-13-29(14-12-28)23-8-6-22(26)7-9-23/h3-10,15-16H,11-14,17-18H2,1-2H3/p+1. The molecule has 1 amide bonds. The van der Waals surface area contributed by atoms with Crippen molar-refractivity contribution < 1.29 is 18.8 Å². The van der Waals surface area contributed by atoms with E-state index in [1.54, 1.807) is 7.11 Å². The molecule has 6 heteroatoms. The van der Waals surface area contributed by atoms with Crippen LogP contribution in [0.15, 0.2) is 60.7 Å². The molecular weight excluding hydrogens is 393 g/mol. The molecule has 1 N–H and O–H groups in total. The summed E-state index contributed by atoms with van der Waals surface area (Å²) in [6.07, 6.45) is 0. The minimum atomic E-state index is -0.215. The Hall–Kier alpha value is -3.12. The number of benzene rings is 3. The first-order valence-corrected chi connectivity index (χ1v) is 10.7. The smallest absolute Gasteiger partial charge is 0.277 e. The fraction of sp³-hybridized carbons (Fsp3) is 0.320. The number of nitrogens with one attached hydrogen (secondary N) is 1. The van der Waals surface area contributed by atoms with Gasteiger partial charge in [0.25, 0.3) is 5.91 Å². The van der Waals surface area contributed by atoms with Crippen LogP contribution in [0.4, 0.5) is 10.1 Å². The van der Waals surface area contributed by atoms with E-state index in [1.807, 2.05) is 42.3 Å². The zero-order valence-electron chi connectivity index (χ0n) is 18.1. The van der Waals surface area contributed by atoms with Crippen molar-refractivity contribution in [2.45, 2.75) is 6.54 Å². The third-order valence-corrected chi connectivity index (χ3v) is 6.02. The Labute approximate surface area is 182 Å². The van der Waals surface area contributed by atoms with Gasteiger partial charge in [0.1, 0.15) is 11.6 Å². The quantitative estimate of drug-likeness (QED) is 0.663. The van der Waals surface area contributed by atoms with Crippen LogP contribution in [0.1, 0.15) is 5.56 Å². The Morgan fingerprint density at radius 2 is 1.71 bits per heavy atom. The Bertz CT molecular complexity index is 1050. The van der Waals surface area contributed by atoms with Crippen molar-refractivity contribution in [1.82, 2.24) is 4.90 Å². The average molecular weight is 423 g/mol. The summed E-state index contributed by atoms with van der Waals surface area (Å²) < 4.78 is 18.4. The first-order valence-electron chi connectivity index (χ1n) is 10.7. The molecule has 1 fully saturated rings. The van der Waals surface area contributed by atoms with Crippen molar-refractivity contribution in [2.75, 3.05) is 51.8 Å². The molecule has 1 saturated heterocycles. The number of amides is 1. The largest absolute Gasteiger partial charge is 0.497 e. The fourth-order valence-electron chi connectivity index (χ4n) is 4.12. The molecule has 0 radical (unpaired) electrons. The zero-order valence-corrected chi connectivity index (χ0v) is 18.1. The number of halogens is 1. The monoisotopic (exact) mass is 422 g/mol. The summed E-state index contributed by atoms with van der Waals surface area (Å²) in [7, 11) is 3.54. The van der Waals surface area contributed by atoms with Gasteiger partial charge in [0.15, 0.2) is 6.54 Å². The van der Waals surface area contributed by atoms with Gasteiger partial charge in [-0.15, -0.1) is 0 Å². The molecule has 0 unspecified atom stereocenters. The molecule has 1 aliphatic rings. The van der Waals surface area contributed by atoms with E-state index in [-0.39, 0.29) is 11.7 Å². The van der Waals surface area contributed by atoms with E-state index in [0.717, 1.165) is 54.0 Å². The summed E-state index contributed by atoms with van der Waals surface area (Å²) >= 11 is 0. The van der Waals surface area contributed by atoms with Gasteiger partial charge < -0.3 is 19.4 Å². The third-order valence-electron chi connectivity index (χ3n) is 6.02. The number of methoxy groups -OCH3 is 1. The van der Waals surface area contributed by atoms with Crippen molar-refractivity contribution >= 4 is 22.4 Å². The molecule has 4 rings (SSSR count). The van der Waals surface area contributed by atoms with E-state index >= 15 is 0 Å². The lowest BCUT2D eigenvalue weighted by Crippen LogP contribution is -3.15. The van der Waals surface area contributed by atoms with E-state index < -0.39 is 0 Å². The minimum Gasteiger partial charge on any atom is -0.497 e. The highest BCUT2D eigenvalue weighted by molar-refractivity contribution is 5.84. The molecule has 162 valence electrons. The molecule has 3 aromatic carbocycles. The average Bonchev–Trinajstić information content (AvgIpc) is 2.79. The van der Waals surface area contributed by atoms with Gasteiger partial charge in [0, 0.05) is 19.3 Å². The van der Waals surface area contributed by atoms with Gasteiger partial charge >= 0.3 is 0 Å². The number of anilines is 1. The number of piperazine rings is 1. The van der Waals surface area contributed by atoms with Crippen LogP contribution in [0.2, 0.25) is 0 Å². The summed E-state index contributed by atoms with van der Waals surface area (Å²) in [6.45, 7) is 4.62. The van der Waals surface area contributed by atoms with Crippen LogP contribution >= 0.6 is 0 Å². The van der Waals surface area contributed by atoms with Gasteiger partial charge in [-0.25, -0.2) is 4.39 Å². The van der Waals surface area contributed by atoms with Gasteiger partial charge in [-0.1, -0.05) is 18.2 Å². The molecule has 0 saturated carbocycles. The number of hydrogen-bond acceptors (Lipinski definition) is 3. The Kier molecular flexibility index (Phi) is 6.37. The summed E-state index contributed by atoms with van der Waals surface area (Å²) in [5.41, 5.74) is 2.16. The molecule has 1 aliphatic heterocycles. The first-order chi connectivity index (χ1) is 15.0. The lowest BCUT2D eigenvalue weighted by Gasteiger charge is -2.34. The molecule has 3 aromatic rings. The van der Waals surface area contributed by atoms with Crippen LogP contribution in [0.5, 0.6) is 5.75 Å². The molecule has 0 spiro atoms. The van der Waals surface area contributed by atoms with Crippen molar-refractivity contribution in [3.8, 4) is 5.75 Å². The third kappa shape index (κ3) is 5.14. The number of carbonyl (C=O) groups excluding carboxylic acids is 1. The van der Waals surface area contributed by atoms with Gasteiger partial charge in [0.2, 0.25) is 0 Å². The lowest BCUT2D eigenvalue weighted by atomic mass is 10.1. The van der Waals surface area contributed by atoms with E-state index in [4.69, 9.17) is 4.74 Å². The predicted molar refractivity (Wildman–Crippen MR) is 121 cm³/mol. The minimum absolute atomic E-state index is 0.153. The molecule has 0 aromatic heterocycles. The summed E-state index contributed by atoms with van der Waals surface area (Å²) in [5.74, 6) is 0.780. The van der Waals surface area contributed by atoms with Crippen LogP contribution in [0.25, 0.3) is 10.8 Å². The number of carbonyl (C=O) groups is 1. The molecule has 0 atom stereocenters. The topological polar surface area (TPSA) is 37.2 Å². The van der Waals surface area contributed by atoms with Crippen LogP contribution < -0.4 is 14.5 Å². The first kappa shape index (κ1) is 21.1. The molecule has 0 aliphatic carbocycles. The second-order valence-electron chi connectivity index (χ2n) is 8.19. The van der Waals surface area contributed by atoms with Gasteiger partial charge in [-0.05, 0) is 58.8 Å². The number of rotatable bonds is 6. The van der Waals surface area contributed by atoms with Crippen LogP contribution in [-0.2, 0) is 11.3 Å². The highest BCUT2D eigenvalue weighted by atomic mass is 19.1. The van der Waals surface area contributed by atoms with E-state index in [2.05, 4.69) is 23.1 Å². The maximum Gasteiger partial charge on any atom is 0.277 e.